The van der Waals surface area contributed by atoms with Gasteiger partial charge in [0.1, 0.15) is 5.75 Å². The zero-order chi connectivity index (χ0) is 19.6. The fourth-order valence-corrected chi connectivity index (χ4v) is 3.34. The number of ether oxygens (including phenoxy) is 1. The van der Waals surface area contributed by atoms with Gasteiger partial charge in [-0.3, -0.25) is 0 Å². The molecule has 2 aromatic rings. The van der Waals surface area contributed by atoms with Crippen LogP contribution in [0, 0.1) is 0 Å². The topological polar surface area (TPSA) is 27.7 Å². The van der Waals surface area contributed by atoms with E-state index in [0.29, 0.717) is 6.54 Å². The molecule has 2 aromatic carbocycles. The molecule has 6 heteroatoms. The Morgan fingerprint density at radius 3 is 2.22 bits per heavy atom. The van der Waals surface area contributed by atoms with E-state index in [2.05, 4.69) is 45.6 Å². The Hall–Kier alpha value is -1.92. The predicted molar refractivity (Wildman–Crippen MR) is 124 cm³/mol. The van der Waals surface area contributed by atoms with Crippen molar-refractivity contribution in [3.8, 4) is 5.75 Å². The number of hydrogen-bond acceptors (Lipinski definition) is 4. The summed E-state index contributed by atoms with van der Waals surface area (Å²) in [6.07, 6.45) is 3.22. The standard InChI is InChI=1S/C21H29N3OS2/c1-23(2)18-8-6-17(7-9-18)16-24(21(26)22-14-5-15-27-4)19-10-12-20(25-3)13-11-19/h6-13H,5,14-16H2,1-4H3,(H,22,26). The number of hydrogen-bond donors (Lipinski definition) is 1. The number of nitrogens with one attached hydrogen (secondary N) is 1. The second kappa shape index (κ2) is 11.0. The van der Waals surface area contributed by atoms with E-state index < -0.39 is 0 Å². The van der Waals surface area contributed by atoms with Crippen molar-refractivity contribution in [2.75, 3.05) is 49.6 Å². The van der Waals surface area contributed by atoms with E-state index >= 15 is 0 Å². The third-order valence-corrected chi connectivity index (χ3v) is 5.29. The van der Waals surface area contributed by atoms with Crippen molar-refractivity contribution in [3.63, 3.8) is 0 Å². The number of benzene rings is 2. The highest BCUT2D eigenvalue weighted by Crippen LogP contribution is 2.22. The molecule has 0 radical (unpaired) electrons. The highest BCUT2D eigenvalue weighted by Gasteiger charge is 2.13. The SMILES string of the molecule is COc1ccc(N(Cc2ccc(N(C)C)cc2)C(=S)NCCCSC)cc1. The minimum Gasteiger partial charge on any atom is -0.497 e. The van der Waals surface area contributed by atoms with Crippen LogP contribution in [-0.2, 0) is 6.54 Å². The van der Waals surface area contributed by atoms with Crippen molar-refractivity contribution in [2.24, 2.45) is 0 Å². The minimum atomic E-state index is 0.717. The molecule has 0 heterocycles. The van der Waals surface area contributed by atoms with Gasteiger partial charge in [0.05, 0.1) is 13.7 Å². The van der Waals surface area contributed by atoms with Crippen molar-refractivity contribution < 1.29 is 4.74 Å². The van der Waals surface area contributed by atoms with E-state index in [1.54, 1.807) is 7.11 Å². The third-order valence-electron chi connectivity index (χ3n) is 4.22. The average Bonchev–Trinajstić information content (AvgIpc) is 2.69. The summed E-state index contributed by atoms with van der Waals surface area (Å²) in [5, 5.41) is 4.15. The molecule has 0 amide bonds. The number of thiocarbonyl (C=S) groups is 1. The van der Waals surface area contributed by atoms with Crippen LogP contribution in [0.25, 0.3) is 0 Å². The first-order chi connectivity index (χ1) is 13.0. The average molecular weight is 404 g/mol. The van der Waals surface area contributed by atoms with E-state index in [4.69, 9.17) is 17.0 Å². The zero-order valence-electron chi connectivity index (χ0n) is 16.6. The Labute approximate surface area is 172 Å². The Morgan fingerprint density at radius 1 is 1.04 bits per heavy atom. The van der Waals surface area contributed by atoms with Gasteiger partial charge in [-0.25, -0.2) is 0 Å². The van der Waals surface area contributed by atoms with Gasteiger partial charge in [0.15, 0.2) is 5.11 Å². The summed E-state index contributed by atoms with van der Waals surface area (Å²) in [6, 6.07) is 16.6. The quantitative estimate of drug-likeness (QED) is 0.493. The van der Waals surface area contributed by atoms with Crippen LogP contribution in [0.2, 0.25) is 0 Å². The zero-order valence-corrected chi connectivity index (χ0v) is 18.2. The monoisotopic (exact) mass is 403 g/mol. The van der Waals surface area contributed by atoms with Crippen molar-refractivity contribution in [3.05, 3.63) is 54.1 Å². The Kier molecular flexibility index (Phi) is 8.75. The van der Waals surface area contributed by atoms with Gasteiger partial charge in [-0.1, -0.05) is 12.1 Å². The lowest BCUT2D eigenvalue weighted by atomic mass is 10.1. The number of methoxy groups -OCH3 is 1. The Balaban J connectivity index is 2.15. The van der Waals surface area contributed by atoms with Crippen molar-refractivity contribution in [2.45, 2.75) is 13.0 Å². The van der Waals surface area contributed by atoms with Gasteiger partial charge < -0.3 is 19.9 Å². The molecule has 0 aliphatic heterocycles. The molecule has 0 saturated heterocycles. The molecular formula is C21H29N3OS2. The maximum absolute atomic E-state index is 5.70. The van der Waals surface area contributed by atoms with E-state index in [1.807, 2.05) is 50.1 Å². The maximum Gasteiger partial charge on any atom is 0.173 e. The number of anilines is 2. The smallest absolute Gasteiger partial charge is 0.173 e. The summed E-state index contributed by atoms with van der Waals surface area (Å²) >= 11 is 7.56. The molecule has 0 atom stereocenters. The molecule has 0 fully saturated rings. The van der Waals surface area contributed by atoms with Crippen LogP contribution in [-0.4, -0.2) is 44.9 Å². The molecular weight excluding hydrogens is 374 g/mol. The molecule has 146 valence electrons. The van der Waals surface area contributed by atoms with Crippen LogP contribution in [0.15, 0.2) is 48.5 Å². The number of thioether (sulfide) groups is 1. The first-order valence-electron chi connectivity index (χ1n) is 8.99. The largest absolute Gasteiger partial charge is 0.497 e. The molecule has 0 spiro atoms. The molecule has 0 aromatic heterocycles. The lowest BCUT2D eigenvalue weighted by Gasteiger charge is -2.26. The van der Waals surface area contributed by atoms with Gasteiger partial charge in [-0.2, -0.15) is 11.8 Å². The van der Waals surface area contributed by atoms with Crippen LogP contribution in [0.5, 0.6) is 5.75 Å². The second-order valence-corrected chi connectivity index (χ2v) is 7.80. The normalized spacial score (nSPS) is 10.4. The summed E-state index contributed by atoms with van der Waals surface area (Å²) in [5.41, 5.74) is 3.45. The van der Waals surface area contributed by atoms with Crippen molar-refractivity contribution in [1.82, 2.24) is 5.32 Å². The fourth-order valence-electron chi connectivity index (χ4n) is 2.63. The van der Waals surface area contributed by atoms with Gasteiger partial charge in [0.25, 0.3) is 0 Å². The number of rotatable bonds is 9. The molecule has 2 rings (SSSR count). The minimum absolute atomic E-state index is 0.717. The molecule has 0 aliphatic carbocycles. The third kappa shape index (κ3) is 6.63. The van der Waals surface area contributed by atoms with Crippen molar-refractivity contribution >= 4 is 40.5 Å². The predicted octanol–water partition coefficient (Wildman–Crippen LogP) is 4.40. The lowest BCUT2D eigenvalue weighted by molar-refractivity contribution is 0.415. The Morgan fingerprint density at radius 2 is 1.67 bits per heavy atom. The van der Waals surface area contributed by atoms with Gasteiger partial charge >= 0.3 is 0 Å². The van der Waals surface area contributed by atoms with E-state index in [-0.39, 0.29) is 0 Å². The first kappa shape index (κ1) is 21.4. The van der Waals surface area contributed by atoms with Crippen LogP contribution in [0.3, 0.4) is 0 Å². The van der Waals surface area contributed by atoms with Gasteiger partial charge in [-0.15, -0.1) is 0 Å². The highest BCUT2D eigenvalue weighted by atomic mass is 32.2. The molecule has 1 N–H and O–H groups in total. The molecule has 27 heavy (non-hydrogen) atoms. The summed E-state index contributed by atoms with van der Waals surface area (Å²) < 4.78 is 5.28. The molecule has 4 nitrogen and oxygen atoms in total. The van der Waals surface area contributed by atoms with E-state index in [9.17, 15) is 0 Å². The molecule has 0 unspecified atom stereocenters. The maximum atomic E-state index is 5.70. The summed E-state index contributed by atoms with van der Waals surface area (Å²) in [5.74, 6) is 1.97. The molecule has 0 saturated carbocycles. The van der Waals surface area contributed by atoms with Crippen LogP contribution >= 0.6 is 24.0 Å². The lowest BCUT2D eigenvalue weighted by Crippen LogP contribution is -2.40. The van der Waals surface area contributed by atoms with Gasteiger partial charge in [-0.05, 0) is 72.6 Å². The van der Waals surface area contributed by atoms with E-state index in [0.717, 1.165) is 35.3 Å². The van der Waals surface area contributed by atoms with Crippen LogP contribution in [0.1, 0.15) is 12.0 Å². The summed E-state index contributed by atoms with van der Waals surface area (Å²) in [7, 11) is 5.77. The molecule has 0 bridgehead atoms. The van der Waals surface area contributed by atoms with Crippen LogP contribution < -0.4 is 19.9 Å². The van der Waals surface area contributed by atoms with Crippen molar-refractivity contribution in [1.29, 1.82) is 0 Å². The van der Waals surface area contributed by atoms with Gasteiger partial charge in [0.2, 0.25) is 0 Å². The molecule has 0 aliphatic rings. The van der Waals surface area contributed by atoms with E-state index in [1.165, 1.54) is 11.3 Å². The Bertz CT molecular complexity index is 702. The highest BCUT2D eigenvalue weighted by molar-refractivity contribution is 7.98. The second-order valence-electron chi connectivity index (χ2n) is 6.42. The number of nitrogens with zero attached hydrogens (tertiary/aromatic N) is 2. The first-order valence-corrected chi connectivity index (χ1v) is 10.8. The van der Waals surface area contributed by atoms with Crippen LogP contribution in [0.4, 0.5) is 11.4 Å². The fraction of sp³-hybridized carbons (Fsp3) is 0.381. The van der Waals surface area contributed by atoms with Gasteiger partial charge in [0, 0.05) is 32.0 Å². The summed E-state index contributed by atoms with van der Waals surface area (Å²) in [4.78, 5) is 4.24. The summed E-state index contributed by atoms with van der Waals surface area (Å²) in [6.45, 7) is 1.60.